The first-order valence-corrected chi connectivity index (χ1v) is 7.79. The number of carbonyl (C=O) groups is 1. The van der Waals surface area contributed by atoms with Crippen molar-refractivity contribution in [1.82, 2.24) is 9.80 Å². The lowest BCUT2D eigenvalue weighted by Gasteiger charge is -2.38. The van der Waals surface area contributed by atoms with Gasteiger partial charge in [0.1, 0.15) is 0 Å². The zero-order valence-electron chi connectivity index (χ0n) is 12.3. The Bertz CT molecular complexity index is 363. The van der Waals surface area contributed by atoms with Crippen LogP contribution in [0, 0.1) is 11.3 Å². The summed E-state index contributed by atoms with van der Waals surface area (Å²) in [5.74, 6) is 0.217. The molecule has 0 aromatic heterocycles. The number of piperazine rings is 1. The van der Waals surface area contributed by atoms with Crippen molar-refractivity contribution in [1.29, 1.82) is 5.26 Å². The largest absolute Gasteiger partial charge is 0.340 e. The topological polar surface area (TPSA) is 73.4 Å². The predicted molar refractivity (Wildman–Crippen MR) is 77.9 cm³/mol. The van der Waals surface area contributed by atoms with Gasteiger partial charge in [-0.2, -0.15) is 5.26 Å². The Kier molecular flexibility index (Phi) is 5.38. The highest BCUT2D eigenvalue weighted by Gasteiger charge is 2.32. The number of rotatable bonds is 4. The normalized spacial score (nSPS) is 23.3. The summed E-state index contributed by atoms with van der Waals surface area (Å²) in [4.78, 5) is 16.6. The summed E-state index contributed by atoms with van der Waals surface area (Å²) in [6.07, 6.45) is 6.62. The Morgan fingerprint density at radius 2 is 1.80 bits per heavy atom. The lowest BCUT2D eigenvalue weighted by atomic mass is 9.80. The molecule has 0 aromatic rings. The fourth-order valence-corrected chi connectivity index (χ4v) is 3.27. The van der Waals surface area contributed by atoms with Crippen LogP contribution in [0.5, 0.6) is 0 Å². The molecule has 1 amide bonds. The average Bonchev–Trinajstić information content (AvgIpc) is 2.46. The Morgan fingerprint density at radius 1 is 1.15 bits per heavy atom. The Morgan fingerprint density at radius 3 is 2.40 bits per heavy atom. The highest BCUT2D eigenvalue weighted by atomic mass is 16.2. The number of hydrogen-bond donors (Lipinski definition) is 1. The number of nitrogens with two attached hydrogens (primary N) is 1. The summed E-state index contributed by atoms with van der Waals surface area (Å²) in [6, 6.07) is 2.17. The van der Waals surface area contributed by atoms with Gasteiger partial charge in [-0.25, -0.2) is 0 Å². The van der Waals surface area contributed by atoms with Crippen LogP contribution in [-0.4, -0.2) is 54.0 Å². The third-order valence-electron chi connectivity index (χ3n) is 4.62. The predicted octanol–water partition coefficient (Wildman–Crippen LogP) is 1.10. The summed E-state index contributed by atoms with van der Waals surface area (Å²) in [5.41, 5.74) is 6.11. The third kappa shape index (κ3) is 4.19. The molecule has 0 bridgehead atoms. The molecule has 5 nitrogen and oxygen atoms in total. The first kappa shape index (κ1) is 15.3. The minimum atomic E-state index is -0.257. The molecule has 2 N–H and O–H groups in total. The van der Waals surface area contributed by atoms with Crippen molar-refractivity contribution in [2.45, 2.75) is 50.5 Å². The minimum absolute atomic E-state index is 0.217. The van der Waals surface area contributed by atoms with Gasteiger partial charge in [0, 0.05) is 51.1 Å². The standard InChI is InChI=1S/C15H26N4O/c16-7-4-8-18-9-11-19(12-10-18)14(20)13-15(17)5-2-1-3-6-15/h1-6,8-13,17H2. The van der Waals surface area contributed by atoms with Crippen LogP contribution < -0.4 is 5.73 Å². The molecule has 0 unspecified atom stereocenters. The second kappa shape index (κ2) is 7.05. The van der Waals surface area contributed by atoms with Gasteiger partial charge in [0.25, 0.3) is 0 Å². The van der Waals surface area contributed by atoms with E-state index in [0.717, 1.165) is 58.4 Å². The van der Waals surface area contributed by atoms with Gasteiger partial charge in [0.2, 0.25) is 5.91 Å². The van der Waals surface area contributed by atoms with E-state index >= 15 is 0 Å². The third-order valence-corrected chi connectivity index (χ3v) is 4.62. The lowest BCUT2D eigenvalue weighted by molar-refractivity contribution is -0.134. The maximum absolute atomic E-state index is 12.4. The van der Waals surface area contributed by atoms with Gasteiger partial charge in [-0.3, -0.25) is 9.69 Å². The summed E-state index contributed by atoms with van der Waals surface area (Å²) < 4.78 is 0. The Hall–Kier alpha value is -1.12. The van der Waals surface area contributed by atoms with E-state index < -0.39 is 0 Å². The monoisotopic (exact) mass is 278 g/mol. The maximum Gasteiger partial charge on any atom is 0.224 e. The summed E-state index contributed by atoms with van der Waals surface area (Å²) >= 11 is 0. The van der Waals surface area contributed by atoms with E-state index in [0.29, 0.717) is 12.8 Å². The molecule has 0 aromatic carbocycles. The quantitative estimate of drug-likeness (QED) is 0.835. The minimum Gasteiger partial charge on any atom is -0.340 e. The highest BCUT2D eigenvalue weighted by Crippen LogP contribution is 2.29. The fourth-order valence-electron chi connectivity index (χ4n) is 3.27. The van der Waals surface area contributed by atoms with Crippen LogP contribution in [0.25, 0.3) is 0 Å². The second-order valence-electron chi connectivity index (χ2n) is 6.23. The van der Waals surface area contributed by atoms with Gasteiger partial charge in [-0.05, 0) is 12.8 Å². The van der Waals surface area contributed by atoms with Crippen molar-refractivity contribution in [3.63, 3.8) is 0 Å². The summed E-state index contributed by atoms with van der Waals surface area (Å²) in [7, 11) is 0. The first-order chi connectivity index (χ1) is 9.63. The fraction of sp³-hybridized carbons (Fsp3) is 0.867. The summed E-state index contributed by atoms with van der Waals surface area (Å²) in [5, 5.41) is 8.59. The highest BCUT2D eigenvalue weighted by molar-refractivity contribution is 5.77. The molecule has 2 fully saturated rings. The molecule has 1 saturated heterocycles. The number of nitriles is 1. The molecule has 112 valence electrons. The van der Waals surface area contributed by atoms with Gasteiger partial charge in [0.15, 0.2) is 0 Å². The van der Waals surface area contributed by atoms with E-state index in [4.69, 9.17) is 11.0 Å². The molecule has 2 rings (SSSR count). The molecule has 1 heterocycles. The van der Waals surface area contributed by atoms with Crippen molar-refractivity contribution < 1.29 is 4.79 Å². The van der Waals surface area contributed by atoms with Crippen molar-refractivity contribution in [3.8, 4) is 6.07 Å². The van der Waals surface area contributed by atoms with Gasteiger partial charge in [0.05, 0.1) is 6.07 Å². The van der Waals surface area contributed by atoms with Crippen LogP contribution in [0.3, 0.4) is 0 Å². The number of amides is 1. The molecular weight excluding hydrogens is 252 g/mol. The van der Waals surface area contributed by atoms with Gasteiger partial charge >= 0.3 is 0 Å². The molecule has 5 heteroatoms. The maximum atomic E-state index is 12.4. The van der Waals surface area contributed by atoms with Gasteiger partial charge in [-0.1, -0.05) is 19.3 Å². The van der Waals surface area contributed by atoms with Crippen LogP contribution in [0.1, 0.15) is 44.9 Å². The van der Waals surface area contributed by atoms with E-state index in [1.807, 2.05) is 4.90 Å². The lowest BCUT2D eigenvalue weighted by Crippen LogP contribution is -2.52. The van der Waals surface area contributed by atoms with E-state index in [9.17, 15) is 4.79 Å². The van der Waals surface area contributed by atoms with Crippen LogP contribution in [0.4, 0.5) is 0 Å². The number of carbonyl (C=O) groups excluding carboxylic acids is 1. The van der Waals surface area contributed by atoms with E-state index in [-0.39, 0.29) is 11.4 Å². The Labute approximate surface area is 121 Å². The molecule has 1 aliphatic heterocycles. The van der Waals surface area contributed by atoms with Gasteiger partial charge < -0.3 is 10.6 Å². The van der Waals surface area contributed by atoms with Crippen molar-refractivity contribution >= 4 is 5.91 Å². The van der Waals surface area contributed by atoms with Crippen molar-refractivity contribution in [2.24, 2.45) is 5.73 Å². The van der Waals surface area contributed by atoms with Crippen LogP contribution in [-0.2, 0) is 4.79 Å². The zero-order valence-corrected chi connectivity index (χ0v) is 12.3. The molecule has 1 saturated carbocycles. The summed E-state index contributed by atoms with van der Waals surface area (Å²) in [6.45, 7) is 4.13. The van der Waals surface area contributed by atoms with E-state index in [2.05, 4.69) is 11.0 Å². The molecule has 20 heavy (non-hydrogen) atoms. The molecule has 0 atom stereocenters. The first-order valence-electron chi connectivity index (χ1n) is 7.79. The van der Waals surface area contributed by atoms with Crippen LogP contribution >= 0.6 is 0 Å². The van der Waals surface area contributed by atoms with Gasteiger partial charge in [-0.15, -0.1) is 0 Å². The van der Waals surface area contributed by atoms with E-state index in [1.165, 1.54) is 6.42 Å². The van der Waals surface area contributed by atoms with Crippen LogP contribution in [0.2, 0.25) is 0 Å². The molecule has 0 radical (unpaired) electrons. The van der Waals surface area contributed by atoms with Crippen molar-refractivity contribution in [3.05, 3.63) is 0 Å². The zero-order chi connectivity index (χ0) is 14.4. The average molecular weight is 278 g/mol. The molecular formula is C15H26N4O. The smallest absolute Gasteiger partial charge is 0.224 e. The SMILES string of the molecule is N#CCCN1CCN(C(=O)CC2(N)CCCCC2)CC1. The van der Waals surface area contributed by atoms with Crippen LogP contribution in [0.15, 0.2) is 0 Å². The molecule has 2 aliphatic rings. The molecule has 1 aliphatic carbocycles. The Balaban J connectivity index is 1.75. The second-order valence-corrected chi connectivity index (χ2v) is 6.23. The van der Waals surface area contributed by atoms with Crippen molar-refractivity contribution in [2.75, 3.05) is 32.7 Å². The van der Waals surface area contributed by atoms with E-state index in [1.54, 1.807) is 0 Å². The molecule has 0 spiro atoms. The number of nitrogens with zero attached hydrogens (tertiary/aromatic N) is 3. The number of hydrogen-bond acceptors (Lipinski definition) is 4.